The number of carbonyl (C=O) groups is 1. The predicted molar refractivity (Wildman–Crippen MR) is 39.8 cm³/mol. The van der Waals surface area contributed by atoms with Gasteiger partial charge >= 0.3 is 0 Å². The number of thiocarbonyl (C=S) groups is 1. The van der Waals surface area contributed by atoms with Gasteiger partial charge in [0.2, 0.25) is 0 Å². The standard InChI is InChI=1S/C6H9NOS/c1-3-6(5(2)8)7-4-9/h6H,3H2,1-2H3. The molecule has 0 N–H and O–H groups in total. The first kappa shape index (κ1) is 8.47. The van der Waals surface area contributed by atoms with Gasteiger partial charge in [0, 0.05) is 0 Å². The fraction of sp³-hybridized carbons (Fsp3) is 0.667. The van der Waals surface area contributed by atoms with Crippen LogP contribution >= 0.6 is 12.2 Å². The van der Waals surface area contributed by atoms with Crippen LogP contribution in [0.4, 0.5) is 0 Å². The van der Waals surface area contributed by atoms with Crippen molar-refractivity contribution in [2.45, 2.75) is 26.3 Å². The molecule has 0 fully saturated rings. The molecule has 0 rings (SSSR count). The van der Waals surface area contributed by atoms with Crippen molar-refractivity contribution in [2.24, 2.45) is 4.99 Å². The Bertz CT molecular complexity index is 147. The number of hydrogen-bond acceptors (Lipinski definition) is 3. The zero-order chi connectivity index (χ0) is 7.28. The largest absolute Gasteiger partial charge is 0.298 e. The highest BCUT2D eigenvalue weighted by Crippen LogP contribution is 1.96. The molecule has 2 nitrogen and oxygen atoms in total. The maximum absolute atomic E-state index is 10.6. The van der Waals surface area contributed by atoms with Gasteiger partial charge in [0.15, 0.2) is 5.78 Å². The summed E-state index contributed by atoms with van der Waals surface area (Å²) < 4.78 is 0. The molecule has 0 aromatic heterocycles. The Hall–Kier alpha value is -0.530. The van der Waals surface area contributed by atoms with Crippen LogP contribution in [0.2, 0.25) is 0 Å². The van der Waals surface area contributed by atoms with Crippen molar-refractivity contribution in [3.63, 3.8) is 0 Å². The Kier molecular flexibility index (Phi) is 4.10. The molecule has 0 bridgehead atoms. The molecule has 0 radical (unpaired) electrons. The van der Waals surface area contributed by atoms with Crippen LogP contribution in [-0.4, -0.2) is 17.0 Å². The lowest BCUT2D eigenvalue weighted by Gasteiger charge is -1.99. The number of Topliss-reactive ketones (excluding diaryl/α,β-unsaturated/α-hetero) is 1. The number of carbonyl (C=O) groups excluding carboxylic acids is 1. The van der Waals surface area contributed by atoms with Crippen LogP contribution in [0.3, 0.4) is 0 Å². The first-order valence-corrected chi connectivity index (χ1v) is 3.20. The van der Waals surface area contributed by atoms with Gasteiger partial charge in [0.25, 0.3) is 0 Å². The predicted octanol–water partition coefficient (Wildman–Crippen LogP) is 1.46. The first-order valence-electron chi connectivity index (χ1n) is 2.79. The number of hydrogen-bond donors (Lipinski definition) is 0. The highest BCUT2D eigenvalue weighted by atomic mass is 32.1. The van der Waals surface area contributed by atoms with Crippen molar-refractivity contribution in [3.05, 3.63) is 0 Å². The normalized spacial score (nSPS) is 11.8. The van der Waals surface area contributed by atoms with Crippen LogP contribution in [0.25, 0.3) is 0 Å². The number of aliphatic imine (C=N–C) groups is 1. The van der Waals surface area contributed by atoms with Crippen molar-refractivity contribution in [1.29, 1.82) is 0 Å². The van der Waals surface area contributed by atoms with Crippen LogP contribution in [0.15, 0.2) is 4.99 Å². The van der Waals surface area contributed by atoms with E-state index < -0.39 is 0 Å². The van der Waals surface area contributed by atoms with Gasteiger partial charge in [0.1, 0.15) is 6.04 Å². The second kappa shape index (κ2) is 4.36. The Balaban J connectivity index is 3.98. The zero-order valence-corrected chi connectivity index (χ0v) is 6.36. The van der Waals surface area contributed by atoms with Gasteiger partial charge in [-0.15, -0.1) is 0 Å². The molecule has 0 heterocycles. The fourth-order valence-electron chi connectivity index (χ4n) is 0.533. The van der Waals surface area contributed by atoms with Crippen molar-refractivity contribution in [1.82, 2.24) is 0 Å². The molecule has 0 aromatic carbocycles. The number of ketones is 1. The molecule has 9 heavy (non-hydrogen) atoms. The summed E-state index contributed by atoms with van der Waals surface area (Å²) in [5, 5.41) is 2.19. The van der Waals surface area contributed by atoms with Crippen LogP contribution in [0.1, 0.15) is 20.3 Å². The van der Waals surface area contributed by atoms with Crippen LogP contribution in [0, 0.1) is 0 Å². The Labute approximate surface area is 60.0 Å². The Morgan fingerprint density at radius 1 is 1.89 bits per heavy atom. The van der Waals surface area contributed by atoms with E-state index in [0.29, 0.717) is 6.42 Å². The van der Waals surface area contributed by atoms with E-state index in [0.717, 1.165) is 0 Å². The fourth-order valence-corrected chi connectivity index (χ4v) is 0.661. The van der Waals surface area contributed by atoms with Crippen molar-refractivity contribution in [3.8, 4) is 0 Å². The highest BCUT2D eigenvalue weighted by Gasteiger charge is 2.07. The minimum absolute atomic E-state index is 0.0508. The molecule has 50 valence electrons. The van der Waals surface area contributed by atoms with Crippen LogP contribution < -0.4 is 0 Å². The number of nitrogens with zero attached hydrogens (tertiary/aromatic N) is 1. The van der Waals surface area contributed by atoms with Gasteiger partial charge in [-0.1, -0.05) is 6.92 Å². The SMILES string of the molecule is CCC(N=C=S)C(C)=O. The second-order valence-corrected chi connectivity index (χ2v) is 1.94. The van der Waals surface area contributed by atoms with Crippen LogP contribution in [-0.2, 0) is 4.79 Å². The summed E-state index contributed by atoms with van der Waals surface area (Å²) in [7, 11) is 0. The zero-order valence-electron chi connectivity index (χ0n) is 5.55. The van der Waals surface area contributed by atoms with E-state index in [4.69, 9.17) is 0 Å². The molecule has 0 aromatic rings. The van der Waals surface area contributed by atoms with Crippen molar-refractivity contribution < 1.29 is 4.79 Å². The third kappa shape index (κ3) is 3.12. The molecule has 0 amide bonds. The molecule has 0 saturated carbocycles. The van der Waals surface area contributed by atoms with Gasteiger partial charge in [-0.2, -0.15) is 0 Å². The number of isothiocyanates is 1. The van der Waals surface area contributed by atoms with Gasteiger partial charge in [-0.3, -0.25) is 4.79 Å². The summed E-state index contributed by atoms with van der Waals surface area (Å²) >= 11 is 4.34. The van der Waals surface area contributed by atoms with Gasteiger partial charge in [0.05, 0.1) is 5.16 Å². The minimum atomic E-state index is -0.262. The van der Waals surface area contributed by atoms with E-state index in [2.05, 4.69) is 22.4 Å². The molecular weight excluding hydrogens is 134 g/mol. The Morgan fingerprint density at radius 3 is 2.56 bits per heavy atom. The Morgan fingerprint density at radius 2 is 2.44 bits per heavy atom. The first-order chi connectivity index (χ1) is 4.22. The smallest absolute Gasteiger partial charge is 0.155 e. The topological polar surface area (TPSA) is 29.4 Å². The third-order valence-corrected chi connectivity index (χ3v) is 1.17. The maximum atomic E-state index is 10.6. The van der Waals surface area contributed by atoms with Gasteiger partial charge < -0.3 is 0 Å². The van der Waals surface area contributed by atoms with E-state index in [-0.39, 0.29) is 11.8 Å². The molecule has 1 unspecified atom stereocenters. The van der Waals surface area contributed by atoms with E-state index in [1.54, 1.807) is 0 Å². The molecule has 0 saturated heterocycles. The lowest BCUT2D eigenvalue weighted by atomic mass is 10.2. The lowest BCUT2D eigenvalue weighted by Crippen LogP contribution is -2.12. The molecule has 1 atom stereocenters. The second-order valence-electron chi connectivity index (χ2n) is 1.76. The molecule has 0 aliphatic rings. The van der Waals surface area contributed by atoms with E-state index in [1.807, 2.05) is 6.92 Å². The van der Waals surface area contributed by atoms with Crippen LogP contribution in [0.5, 0.6) is 0 Å². The molecule has 0 spiro atoms. The summed E-state index contributed by atoms with van der Waals surface area (Å²) in [6.45, 7) is 3.40. The molecular formula is C6H9NOS. The monoisotopic (exact) mass is 143 g/mol. The summed E-state index contributed by atoms with van der Waals surface area (Å²) in [6, 6.07) is -0.262. The molecule has 0 aliphatic carbocycles. The minimum Gasteiger partial charge on any atom is -0.298 e. The number of rotatable bonds is 3. The van der Waals surface area contributed by atoms with E-state index in [9.17, 15) is 4.79 Å². The third-order valence-electron chi connectivity index (χ3n) is 1.06. The molecule has 3 heteroatoms. The quantitative estimate of drug-likeness (QED) is 0.442. The summed E-state index contributed by atoms with van der Waals surface area (Å²) in [5.41, 5.74) is 0. The van der Waals surface area contributed by atoms with E-state index in [1.165, 1.54) is 6.92 Å². The lowest BCUT2D eigenvalue weighted by molar-refractivity contribution is -0.118. The van der Waals surface area contributed by atoms with Crippen molar-refractivity contribution >= 4 is 23.2 Å². The maximum Gasteiger partial charge on any atom is 0.155 e. The summed E-state index contributed by atoms with van der Waals surface area (Å²) in [6.07, 6.45) is 0.707. The van der Waals surface area contributed by atoms with Gasteiger partial charge in [-0.25, -0.2) is 4.99 Å². The van der Waals surface area contributed by atoms with Crippen molar-refractivity contribution in [2.75, 3.05) is 0 Å². The average Bonchev–Trinajstić information content (AvgIpc) is 1.82. The summed E-state index contributed by atoms with van der Waals surface area (Å²) in [5.74, 6) is 0.0508. The van der Waals surface area contributed by atoms with Gasteiger partial charge in [-0.05, 0) is 25.6 Å². The van der Waals surface area contributed by atoms with E-state index >= 15 is 0 Å². The molecule has 0 aliphatic heterocycles. The highest BCUT2D eigenvalue weighted by molar-refractivity contribution is 7.78. The average molecular weight is 143 g/mol. The summed E-state index contributed by atoms with van der Waals surface area (Å²) in [4.78, 5) is 14.2.